The second kappa shape index (κ2) is 8.42. The second-order valence-corrected chi connectivity index (χ2v) is 7.11. The summed E-state index contributed by atoms with van der Waals surface area (Å²) in [5, 5.41) is 12.3. The molecule has 0 aliphatic carbocycles. The average Bonchev–Trinajstić information content (AvgIpc) is 2.77. The largest absolute Gasteiger partial charge is 0.502 e. The normalized spacial score (nSPS) is 13.4. The van der Waals surface area contributed by atoms with Gasteiger partial charge < -0.3 is 14.7 Å². The van der Waals surface area contributed by atoms with Crippen molar-refractivity contribution in [3.63, 3.8) is 0 Å². The van der Waals surface area contributed by atoms with Crippen LogP contribution >= 0.6 is 0 Å². The van der Waals surface area contributed by atoms with Crippen molar-refractivity contribution in [2.24, 2.45) is 0 Å². The molecule has 0 spiro atoms. The summed E-state index contributed by atoms with van der Waals surface area (Å²) in [6.07, 6.45) is 1.54. The fourth-order valence-corrected chi connectivity index (χ4v) is 3.69. The number of amides is 1. The van der Waals surface area contributed by atoms with Crippen LogP contribution in [0, 0.1) is 0 Å². The lowest BCUT2D eigenvalue weighted by Gasteiger charge is -2.39. The fourth-order valence-electron chi connectivity index (χ4n) is 3.69. The number of rotatable bonds is 6. The second-order valence-electron chi connectivity index (χ2n) is 7.11. The van der Waals surface area contributed by atoms with Crippen LogP contribution in [0.1, 0.15) is 16.1 Å². The number of aromatic hydroxyl groups is 1. The van der Waals surface area contributed by atoms with Crippen LogP contribution in [-0.2, 0) is 11.3 Å². The Bertz CT molecular complexity index is 1110. The molecular formula is C23H23N3O4. The van der Waals surface area contributed by atoms with E-state index < -0.39 is 17.1 Å². The minimum atomic E-state index is -0.576. The van der Waals surface area contributed by atoms with E-state index >= 15 is 0 Å². The third-order valence-electron chi connectivity index (χ3n) is 5.20. The van der Waals surface area contributed by atoms with E-state index in [0.29, 0.717) is 26.4 Å². The highest BCUT2D eigenvalue weighted by molar-refractivity contribution is 5.96. The highest BCUT2D eigenvalue weighted by Gasteiger charge is 2.32. The summed E-state index contributed by atoms with van der Waals surface area (Å²) in [4.78, 5) is 26.5. The number of aromatic nitrogens is 1. The fraction of sp³-hybridized carbons (Fsp3) is 0.217. The molecule has 154 valence electrons. The van der Waals surface area contributed by atoms with Crippen LogP contribution in [-0.4, -0.2) is 47.5 Å². The van der Waals surface area contributed by atoms with Crippen LogP contribution < -0.4 is 10.4 Å². The van der Waals surface area contributed by atoms with Crippen LogP contribution in [0.5, 0.6) is 5.75 Å². The Morgan fingerprint density at radius 3 is 2.50 bits per heavy atom. The quantitative estimate of drug-likeness (QED) is 0.682. The van der Waals surface area contributed by atoms with Gasteiger partial charge >= 0.3 is 0 Å². The lowest BCUT2D eigenvalue weighted by Crippen LogP contribution is -2.54. The third kappa shape index (κ3) is 3.67. The number of fused-ring (bicyclic) bond motifs is 1. The Morgan fingerprint density at radius 1 is 1.00 bits per heavy atom. The maximum atomic E-state index is 12.9. The summed E-state index contributed by atoms with van der Waals surface area (Å²) in [6.45, 7) is 1.50. The van der Waals surface area contributed by atoms with E-state index in [1.165, 1.54) is 12.3 Å². The zero-order valence-electron chi connectivity index (χ0n) is 16.7. The van der Waals surface area contributed by atoms with Crippen LogP contribution in [0.25, 0.3) is 11.1 Å². The number of hydrogen-bond acceptors (Lipinski definition) is 5. The number of carbonyl (C=O) groups excluding carboxylic acids is 1. The summed E-state index contributed by atoms with van der Waals surface area (Å²) in [6, 6.07) is 19.4. The van der Waals surface area contributed by atoms with Crippen LogP contribution in [0.3, 0.4) is 0 Å². The van der Waals surface area contributed by atoms with E-state index in [0.717, 1.165) is 16.7 Å². The van der Waals surface area contributed by atoms with Gasteiger partial charge in [-0.2, -0.15) is 0 Å². The van der Waals surface area contributed by atoms with Crippen LogP contribution in [0.2, 0.25) is 0 Å². The summed E-state index contributed by atoms with van der Waals surface area (Å²) in [5.74, 6) is -0.930. The molecule has 2 aromatic carbocycles. The summed E-state index contributed by atoms with van der Waals surface area (Å²) >= 11 is 0. The molecule has 0 atom stereocenters. The van der Waals surface area contributed by atoms with E-state index in [-0.39, 0.29) is 5.69 Å². The molecule has 1 aliphatic rings. The summed E-state index contributed by atoms with van der Waals surface area (Å²) < 4.78 is 6.70. The van der Waals surface area contributed by atoms with Crippen molar-refractivity contribution in [1.29, 1.82) is 0 Å². The smallest absolute Gasteiger partial charge is 0.277 e. The standard InChI is InChI=1S/C23H23N3O4/c1-30-14-13-24-16-25(26-12-11-20(27)22(28)21(26)23(24)29)15-18-9-5-6-10-19(18)17-7-3-2-4-8-17/h2-12,28H,13-16H2,1H3. The minimum Gasteiger partial charge on any atom is -0.502 e. The van der Waals surface area contributed by atoms with Gasteiger partial charge in [-0.25, -0.2) is 0 Å². The van der Waals surface area contributed by atoms with Gasteiger partial charge in [0, 0.05) is 25.9 Å². The Balaban J connectivity index is 1.75. The van der Waals surface area contributed by atoms with E-state index in [2.05, 4.69) is 18.2 Å². The predicted octanol–water partition coefficient (Wildman–Crippen LogP) is 2.42. The lowest BCUT2D eigenvalue weighted by atomic mass is 9.99. The van der Waals surface area contributed by atoms with Crippen molar-refractivity contribution in [1.82, 2.24) is 9.58 Å². The molecule has 0 saturated carbocycles. The van der Waals surface area contributed by atoms with Gasteiger partial charge in [-0.15, -0.1) is 0 Å². The number of carbonyl (C=O) groups is 1. The molecule has 1 N–H and O–H groups in total. The van der Waals surface area contributed by atoms with Crippen molar-refractivity contribution in [3.8, 4) is 16.9 Å². The van der Waals surface area contributed by atoms with Gasteiger partial charge in [0.15, 0.2) is 11.4 Å². The van der Waals surface area contributed by atoms with Crippen LogP contribution in [0.15, 0.2) is 71.7 Å². The topological polar surface area (TPSA) is 75.0 Å². The highest BCUT2D eigenvalue weighted by atomic mass is 16.5. The number of ether oxygens (including phenoxy) is 1. The van der Waals surface area contributed by atoms with Gasteiger partial charge in [0.25, 0.3) is 5.91 Å². The van der Waals surface area contributed by atoms with Crippen molar-refractivity contribution < 1.29 is 14.6 Å². The first-order chi connectivity index (χ1) is 14.6. The number of benzene rings is 2. The Kier molecular flexibility index (Phi) is 5.54. The van der Waals surface area contributed by atoms with E-state index in [1.807, 2.05) is 41.4 Å². The molecule has 2 heterocycles. The van der Waals surface area contributed by atoms with Gasteiger partial charge in [0.05, 0.1) is 13.2 Å². The van der Waals surface area contributed by atoms with Crippen molar-refractivity contribution in [3.05, 3.63) is 88.3 Å². The first kappa shape index (κ1) is 19.7. The number of hydrogen-bond donors (Lipinski definition) is 1. The van der Waals surface area contributed by atoms with Crippen molar-refractivity contribution >= 4 is 5.91 Å². The van der Waals surface area contributed by atoms with Crippen molar-refractivity contribution in [2.75, 3.05) is 31.9 Å². The first-order valence-electron chi connectivity index (χ1n) is 9.71. The SMILES string of the molecule is COCCN1CN(Cc2ccccc2-c2ccccc2)n2ccc(=O)c(O)c2C1=O. The molecule has 7 nitrogen and oxygen atoms in total. The molecule has 3 aromatic rings. The molecule has 0 fully saturated rings. The molecule has 1 aromatic heterocycles. The Hall–Kier alpha value is -3.58. The van der Waals surface area contributed by atoms with E-state index in [1.54, 1.807) is 16.7 Å². The molecule has 0 saturated heterocycles. The van der Waals surface area contributed by atoms with Gasteiger partial charge in [-0.1, -0.05) is 54.6 Å². The van der Waals surface area contributed by atoms with Crippen molar-refractivity contribution in [2.45, 2.75) is 6.54 Å². The molecular weight excluding hydrogens is 382 g/mol. The maximum Gasteiger partial charge on any atom is 0.277 e. The molecule has 7 heteroatoms. The zero-order chi connectivity index (χ0) is 21.1. The summed E-state index contributed by atoms with van der Waals surface area (Å²) in [7, 11) is 1.57. The molecule has 0 bridgehead atoms. The predicted molar refractivity (Wildman–Crippen MR) is 114 cm³/mol. The van der Waals surface area contributed by atoms with Gasteiger partial charge in [-0.3, -0.25) is 19.3 Å². The third-order valence-corrected chi connectivity index (χ3v) is 5.20. The summed E-state index contributed by atoms with van der Waals surface area (Å²) in [5.41, 5.74) is 2.65. The van der Waals surface area contributed by atoms with E-state index in [4.69, 9.17) is 4.74 Å². The number of nitrogens with zero attached hydrogens (tertiary/aromatic N) is 3. The molecule has 0 unspecified atom stereocenters. The molecule has 1 amide bonds. The molecule has 0 radical (unpaired) electrons. The monoisotopic (exact) mass is 405 g/mol. The van der Waals surface area contributed by atoms with Gasteiger partial charge in [-0.05, 0) is 16.7 Å². The maximum absolute atomic E-state index is 12.9. The Morgan fingerprint density at radius 2 is 1.73 bits per heavy atom. The lowest BCUT2D eigenvalue weighted by molar-refractivity contribution is 0.0621. The number of methoxy groups -OCH3 is 1. The highest BCUT2D eigenvalue weighted by Crippen LogP contribution is 2.26. The Labute approximate surface area is 174 Å². The molecule has 1 aliphatic heterocycles. The molecule has 4 rings (SSSR count). The first-order valence-corrected chi connectivity index (χ1v) is 9.71. The van der Waals surface area contributed by atoms with Crippen LogP contribution in [0.4, 0.5) is 0 Å². The number of pyridine rings is 1. The zero-order valence-corrected chi connectivity index (χ0v) is 16.7. The molecule has 30 heavy (non-hydrogen) atoms. The van der Waals surface area contributed by atoms with Gasteiger partial charge in [0.1, 0.15) is 6.67 Å². The average molecular weight is 405 g/mol. The van der Waals surface area contributed by atoms with E-state index in [9.17, 15) is 14.7 Å². The minimum absolute atomic E-state index is 0.0259. The van der Waals surface area contributed by atoms with Gasteiger partial charge in [0.2, 0.25) is 5.43 Å².